The second kappa shape index (κ2) is 5.30. The molecule has 0 radical (unpaired) electrons. The van der Waals surface area contributed by atoms with Crippen molar-refractivity contribution in [2.24, 2.45) is 0 Å². The van der Waals surface area contributed by atoms with Crippen LogP contribution in [0.2, 0.25) is 0 Å². The predicted molar refractivity (Wildman–Crippen MR) is 60.5 cm³/mol. The van der Waals surface area contributed by atoms with Gasteiger partial charge in [0, 0.05) is 39.1 Å². The minimum absolute atomic E-state index is 0.0929. The van der Waals surface area contributed by atoms with Crippen molar-refractivity contribution in [3.8, 4) is 0 Å². The van der Waals surface area contributed by atoms with Gasteiger partial charge in [0.2, 0.25) is 5.91 Å². The van der Waals surface area contributed by atoms with Crippen LogP contribution in [0.15, 0.2) is 0 Å². The van der Waals surface area contributed by atoms with Crippen molar-refractivity contribution in [1.29, 1.82) is 0 Å². The van der Waals surface area contributed by atoms with E-state index in [1.54, 1.807) is 0 Å². The molecule has 2 aliphatic rings. The lowest BCUT2D eigenvalue weighted by Gasteiger charge is -2.31. The van der Waals surface area contributed by atoms with Crippen LogP contribution in [0.5, 0.6) is 0 Å². The molecule has 0 aromatic rings. The Hall–Kier alpha value is -0.700. The lowest BCUT2D eigenvalue weighted by Crippen LogP contribution is -2.49. The van der Waals surface area contributed by atoms with E-state index >= 15 is 0 Å². The van der Waals surface area contributed by atoms with Gasteiger partial charge in [0.1, 0.15) is 0 Å². The molecule has 1 N–H and O–H groups in total. The van der Waals surface area contributed by atoms with Crippen molar-refractivity contribution in [2.45, 2.75) is 6.42 Å². The Bertz CT molecular complexity index is 378. The van der Waals surface area contributed by atoms with E-state index < -0.39 is 10.2 Å². The molecule has 0 saturated carbocycles. The highest BCUT2D eigenvalue weighted by Gasteiger charge is 2.31. The van der Waals surface area contributed by atoms with Crippen LogP contribution in [-0.4, -0.2) is 68.9 Å². The van der Waals surface area contributed by atoms with Crippen LogP contribution < -0.4 is 5.32 Å². The Morgan fingerprint density at radius 2 is 1.71 bits per heavy atom. The van der Waals surface area contributed by atoms with Crippen LogP contribution in [0, 0.1) is 0 Å². The van der Waals surface area contributed by atoms with E-state index in [0.717, 1.165) is 0 Å². The van der Waals surface area contributed by atoms with Crippen LogP contribution in [0.4, 0.5) is 0 Å². The van der Waals surface area contributed by atoms with Crippen LogP contribution in [0.3, 0.4) is 0 Å². The summed E-state index contributed by atoms with van der Waals surface area (Å²) in [6, 6.07) is 0. The molecule has 0 atom stereocenters. The van der Waals surface area contributed by atoms with Gasteiger partial charge in [-0.2, -0.15) is 17.0 Å². The Labute approximate surface area is 101 Å². The van der Waals surface area contributed by atoms with E-state index in [1.165, 1.54) is 8.61 Å². The zero-order valence-corrected chi connectivity index (χ0v) is 10.4. The molecule has 1 amide bonds. The average Bonchev–Trinajstić information content (AvgIpc) is 2.55. The number of amides is 1. The molecule has 2 heterocycles. The lowest BCUT2D eigenvalue weighted by atomic mass is 10.4. The first-order valence-corrected chi connectivity index (χ1v) is 7.10. The molecule has 0 aromatic heterocycles. The van der Waals surface area contributed by atoms with Crippen molar-refractivity contribution in [3.05, 3.63) is 0 Å². The molecule has 2 aliphatic heterocycles. The first-order chi connectivity index (χ1) is 8.10. The standard InChI is InChI=1S/C9H17N3O4S/c13-9-1-3-11(4-2-10-9)17(14,15)12-5-7-16-8-6-12/h1-8H2,(H,10,13). The summed E-state index contributed by atoms with van der Waals surface area (Å²) >= 11 is 0. The van der Waals surface area contributed by atoms with Crippen LogP contribution in [0.25, 0.3) is 0 Å². The third-order valence-corrected chi connectivity index (χ3v) is 4.93. The minimum Gasteiger partial charge on any atom is -0.379 e. The fourth-order valence-electron chi connectivity index (χ4n) is 1.92. The van der Waals surface area contributed by atoms with Gasteiger partial charge in [-0.15, -0.1) is 0 Å². The first-order valence-electron chi connectivity index (χ1n) is 5.70. The van der Waals surface area contributed by atoms with Gasteiger partial charge >= 0.3 is 0 Å². The summed E-state index contributed by atoms with van der Waals surface area (Å²) in [5.74, 6) is -0.0929. The fourth-order valence-corrected chi connectivity index (χ4v) is 3.50. The summed E-state index contributed by atoms with van der Waals surface area (Å²) < 4.78 is 32.4. The molecule has 98 valence electrons. The van der Waals surface area contributed by atoms with Crippen molar-refractivity contribution < 1.29 is 17.9 Å². The fraction of sp³-hybridized carbons (Fsp3) is 0.889. The number of nitrogens with zero attached hydrogens (tertiary/aromatic N) is 2. The molecule has 17 heavy (non-hydrogen) atoms. The molecule has 0 aliphatic carbocycles. The van der Waals surface area contributed by atoms with E-state index in [2.05, 4.69) is 5.32 Å². The summed E-state index contributed by atoms with van der Waals surface area (Å²) in [6.45, 7) is 2.62. The summed E-state index contributed by atoms with van der Waals surface area (Å²) in [5.41, 5.74) is 0. The Morgan fingerprint density at radius 3 is 2.41 bits per heavy atom. The van der Waals surface area contributed by atoms with Crippen molar-refractivity contribution >= 4 is 16.1 Å². The maximum absolute atomic E-state index is 12.3. The minimum atomic E-state index is -3.44. The van der Waals surface area contributed by atoms with E-state index in [-0.39, 0.29) is 18.9 Å². The van der Waals surface area contributed by atoms with Crippen LogP contribution in [0.1, 0.15) is 6.42 Å². The van der Waals surface area contributed by atoms with E-state index in [4.69, 9.17) is 4.74 Å². The van der Waals surface area contributed by atoms with Crippen molar-refractivity contribution in [1.82, 2.24) is 13.9 Å². The first kappa shape index (κ1) is 12.7. The molecule has 0 spiro atoms. The monoisotopic (exact) mass is 263 g/mol. The zero-order valence-electron chi connectivity index (χ0n) is 9.59. The summed E-state index contributed by atoms with van der Waals surface area (Å²) in [6.07, 6.45) is 0.226. The van der Waals surface area contributed by atoms with E-state index in [0.29, 0.717) is 39.4 Å². The number of rotatable bonds is 2. The second-order valence-corrected chi connectivity index (χ2v) is 5.95. The second-order valence-electron chi connectivity index (χ2n) is 4.02. The van der Waals surface area contributed by atoms with Gasteiger partial charge in [-0.3, -0.25) is 4.79 Å². The van der Waals surface area contributed by atoms with Gasteiger partial charge in [0.15, 0.2) is 0 Å². The van der Waals surface area contributed by atoms with Crippen LogP contribution >= 0.6 is 0 Å². The molecule has 0 unspecified atom stereocenters. The normalized spacial score (nSPS) is 25.3. The molecule has 0 aromatic carbocycles. The molecule has 8 heteroatoms. The SMILES string of the molecule is O=C1CCN(S(=O)(=O)N2CCOCC2)CCN1. The van der Waals surface area contributed by atoms with Crippen LogP contribution in [-0.2, 0) is 19.7 Å². The Morgan fingerprint density at radius 1 is 1.06 bits per heavy atom. The Kier molecular flexibility index (Phi) is 3.97. The number of hydrogen-bond donors (Lipinski definition) is 1. The highest BCUT2D eigenvalue weighted by Crippen LogP contribution is 2.12. The zero-order chi connectivity index (χ0) is 12.3. The topological polar surface area (TPSA) is 79.0 Å². The van der Waals surface area contributed by atoms with E-state index in [1.807, 2.05) is 0 Å². The molecule has 2 saturated heterocycles. The van der Waals surface area contributed by atoms with Crippen molar-refractivity contribution in [3.63, 3.8) is 0 Å². The number of ether oxygens (including phenoxy) is 1. The highest BCUT2D eigenvalue weighted by atomic mass is 32.2. The quantitative estimate of drug-likeness (QED) is 0.650. The molecule has 2 fully saturated rings. The van der Waals surface area contributed by atoms with Gasteiger partial charge in [-0.1, -0.05) is 0 Å². The summed E-state index contributed by atoms with van der Waals surface area (Å²) in [5, 5.41) is 2.66. The van der Waals surface area contributed by atoms with Gasteiger partial charge in [0.25, 0.3) is 10.2 Å². The smallest absolute Gasteiger partial charge is 0.282 e. The summed E-state index contributed by atoms with van der Waals surface area (Å²) in [4.78, 5) is 11.2. The Balaban J connectivity index is 2.05. The highest BCUT2D eigenvalue weighted by molar-refractivity contribution is 7.86. The molecular formula is C9H17N3O4S. The number of hydrogen-bond acceptors (Lipinski definition) is 4. The third-order valence-electron chi connectivity index (χ3n) is 2.89. The maximum atomic E-state index is 12.3. The lowest BCUT2D eigenvalue weighted by molar-refractivity contribution is -0.120. The number of morpholine rings is 1. The summed E-state index contributed by atoms with van der Waals surface area (Å²) in [7, 11) is -3.44. The number of carbonyl (C=O) groups excluding carboxylic acids is 1. The average molecular weight is 263 g/mol. The largest absolute Gasteiger partial charge is 0.379 e. The van der Waals surface area contributed by atoms with Gasteiger partial charge in [-0.05, 0) is 0 Å². The van der Waals surface area contributed by atoms with Gasteiger partial charge in [0.05, 0.1) is 13.2 Å². The molecule has 0 bridgehead atoms. The van der Waals surface area contributed by atoms with E-state index in [9.17, 15) is 13.2 Å². The van der Waals surface area contributed by atoms with Crippen molar-refractivity contribution in [2.75, 3.05) is 45.9 Å². The number of nitrogens with one attached hydrogen (secondary N) is 1. The third kappa shape index (κ3) is 2.95. The molecule has 7 nitrogen and oxygen atoms in total. The predicted octanol–water partition coefficient (Wildman–Crippen LogP) is -1.61. The number of carbonyl (C=O) groups is 1. The molecule has 2 rings (SSSR count). The van der Waals surface area contributed by atoms with Gasteiger partial charge < -0.3 is 10.1 Å². The molecular weight excluding hydrogens is 246 g/mol. The van der Waals surface area contributed by atoms with Gasteiger partial charge in [-0.25, -0.2) is 0 Å². The maximum Gasteiger partial charge on any atom is 0.282 e.